The van der Waals surface area contributed by atoms with Crippen molar-refractivity contribution in [2.75, 3.05) is 0 Å². The minimum Gasteiger partial charge on any atom is -0.392 e. The van der Waals surface area contributed by atoms with E-state index in [1.807, 2.05) is 13.8 Å². The second-order valence-electron chi connectivity index (χ2n) is 4.81. The van der Waals surface area contributed by atoms with Crippen molar-refractivity contribution in [1.29, 1.82) is 0 Å². The molecule has 2 N–H and O–H groups in total. The number of carbonyl (C=O) groups excluding carboxylic acids is 1. The number of carbonyl (C=O) groups is 1. The smallest absolute Gasteiger partial charge is 0.143 e. The highest BCUT2D eigenvalue weighted by atomic mass is 16.3. The number of aliphatic hydroxyl groups excluding tert-OH is 2. The predicted octanol–water partition coefficient (Wildman–Crippen LogP) is 1.78. The van der Waals surface area contributed by atoms with Crippen molar-refractivity contribution in [3.63, 3.8) is 0 Å². The lowest BCUT2D eigenvalue weighted by Gasteiger charge is -2.25. The minimum absolute atomic E-state index is 0.0442. The first-order valence-corrected chi connectivity index (χ1v) is 5.83. The van der Waals surface area contributed by atoms with Crippen molar-refractivity contribution in [1.82, 2.24) is 0 Å². The number of rotatable bonds is 7. The van der Waals surface area contributed by atoms with Crippen LogP contribution in [-0.4, -0.2) is 28.2 Å². The molecular weight excluding hydrogens is 204 g/mol. The van der Waals surface area contributed by atoms with Gasteiger partial charge in [-0.05, 0) is 12.3 Å². The molecule has 16 heavy (non-hydrogen) atoms. The van der Waals surface area contributed by atoms with E-state index in [1.165, 1.54) is 0 Å². The molecule has 0 bridgehead atoms. The van der Waals surface area contributed by atoms with Crippen LogP contribution in [0.3, 0.4) is 0 Å². The van der Waals surface area contributed by atoms with Crippen LogP contribution in [0.4, 0.5) is 0 Å². The molecular formula is C13H24O3. The Morgan fingerprint density at radius 3 is 2.06 bits per heavy atom. The van der Waals surface area contributed by atoms with Gasteiger partial charge in [-0.2, -0.15) is 0 Å². The Hall–Kier alpha value is -0.670. The van der Waals surface area contributed by atoms with Crippen molar-refractivity contribution in [3.05, 3.63) is 12.7 Å². The molecule has 0 heterocycles. The maximum absolute atomic E-state index is 12.0. The van der Waals surface area contributed by atoms with Crippen LogP contribution in [-0.2, 0) is 4.79 Å². The standard InChI is InChI=1S/C13H24O3/c1-6-7-11(14)9(4)13(16)10(5)12(15)8(2)3/h6,8-12,14-15H,1,7H2,2-5H3/t9-,10+,11-,12-/m1/s1. The Kier molecular flexibility index (Phi) is 6.53. The highest BCUT2D eigenvalue weighted by molar-refractivity contribution is 5.83. The van der Waals surface area contributed by atoms with Gasteiger partial charge in [0.05, 0.1) is 12.2 Å². The lowest BCUT2D eigenvalue weighted by atomic mass is 9.83. The van der Waals surface area contributed by atoms with Crippen LogP contribution in [0, 0.1) is 17.8 Å². The molecule has 0 radical (unpaired) electrons. The Bertz CT molecular complexity index is 235. The van der Waals surface area contributed by atoms with Crippen molar-refractivity contribution in [2.45, 2.75) is 46.3 Å². The van der Waals surface area contributed by atoms with Gasteiger partial charge in [0, 0.05) is 11.8 Å². The third-order valence-corrected chi connectivity index (χ3v) is 3.08. The van der Waals surface area contributed by atoms with Crippen LogP contribution in [0.2, 0.25) is 0 Å². The van der Waals surface area contributed by atoms with Crippen LogP contribution in [0.1, 0.15) is 34.1 Å². The van der Waals surface area contributed by atoms with Gasteiger partial charge in [-0.25, -0.2) is 0 Å². The maximum Gasteiger partial charge on any atom is 0.143 e. The molecule has 0 aliphatic rings. The Morgan fingerprint density at radius 1 is 1.19 bits per heavy atom. The summed E-state index contributed by atoms with van der Waals surface area (Å²) in [7, 11) is 0. The summed E-state index contributed by atoms with van der Waals surface area (Å²) in [6.07, 6.45) is 0.646. The SMILES string of the molecule is C=CC[C@@H](O)[C@@H](C)C(=O)[C@@H](C)[C@H](O)C(C)C. The zero-order valence-corrected chi connectivity index (χ0v) is 10.7. The van der Waals surface area contributed by atoms with Crippen LogP contribution < -0.4 is 0 Å². The average molecular weight is 228 g/mol. The second kappa shape index (κ2) is 6.81. The van der Waals surface area contributed by atoms with E-state index in [4.69, 9.17) is 0 Å². The van der Waals surface area contributed by atoms with Crippen LogP contribution in [0.5, 0.6) is 0 Å². The summed E-state index contributed by atoms with van der Waals surface area (Å²) in [6.45, 7) is 10.7. The van der Waals surface area contributed by atoms with Gasteiger partial charge in [0.25, 0.3) is 0 Å². The summed E-state index contributed by atoms with van der Waals surface area (Å²) in [5.74, 6) is -0.936. The number of aliphatic hydroxyl groups is 2. The Balaban J connectivity index is 4.48. The quantitative estimate of drug-likeness (QED) is 0.653. The third-order valence-electron chi connectivity index (χ3n) is 3.08. The molecule has 0 fully saturated rings. The lowest BCUT2D eigenvalue weighted by molar-refractivity contribution is -0.133. The highest BCUT2D eigenvalue weighted by Gasteiger charge is 2.30. The van der Waals surface area contributed by atoms with E-state index in [0.717, 1.165) is 0 Å². The van der Waals surface area contributed by atoms with E-state index in [1.54, 1.807) is 19.9 Å². The van der Waals surface area contributed by atoms with Crippen molar-refractivity contribution in [3.8, 4) is 0 Å². The summed E-state index contributed by atoms with van der Waals surface area (Å²) in [6, 6.07) is 0. The second-order valence-corrected chi connectivity index (χ2v) is 4.81. The fourth-order valence-electron chi connectivity index (χ4n) is 1.72. The summed E-state index contributed by atoms with van der Waals surface area (Å²) in [4.78, 5) is 12.0. The molecule has 4 atom stereocenters. The first-order valence-electron chi connectivity index (χ1n) is 5.83. The summed E-state index contributed by atoms with van der Waals surface area (Å²) in [5.41, 5.74) is 0. The van der Waals surface area contributed by atoms with E-state index in [-0.39, 0.29) is 11.7 Å². The van der Waals surface area contributed by atoms with Gasteiger partial charge in [0.1, 0.15) is 5.78 Å². The first-order chi connectivity index (χ1) is 7.32. The predicted molar refractivity (Wildman–Crippen MR) is 65.0 cm³/mol. The van der Waals surface area contributed by atoms with E-state index >= 15 is 0 Å². The van der Waals surface area contributed by atoms with Gasteiger partial charge in [-0.1, -0.05) is 33.8 Å². The fraction of sp³-hybridized carbons (Fsp3) is 0.769. The van der Waals surface area contributed by atoms with Crippen molar-refractivity contribution >= 4 is 5.78 Å². The molecule has 0 unspecified atom stereocenters. The normalized spacial score (nSPS) is 18.9. The Labute approximate surface area is 98.2 Å². The zero-order chi connectivity index (χ0) is 12.9. The zero-order valence-electron chi connectivity index (χ0n) is 10.7. The molecule has 3 nitrogen and oxygen atoms in total. The van der Waals surface area contributed by atoms with Gasteiger partial charge in [-0.15, -0.1) is 6.58 Å². The highest BCUT2D eigenvalue weighted by Crippen LogP contribution is 2.20. The van der Waals surface area contributed by atoms with Crippen molar-refractivity contribution < 1.29 is 15.0 Å². The monoisotopic (exact) mass is 228 g/mol. The molecule has 0 aliphatic carbocycles. The number of ketones is 1. The molecule has 0 rings (SSSR count). The van der Waals surface area contributed by atoms with Crippen LogP contribution >= 0.6 is 0 Å². The first kappa shape index (κ1) is 15.3. The van der Waals surface area contributed by atoms with E-state index in [0.29, 0.717) is 6.42 Å². The minimum atomic E-state index is -0.702. The molecule has 0 aromatic heterocycles. The van der Waals surface area contributed by atoms with Crippen LogP contribution in [0.25, 0.3) is 0 Å². The summed E-state index contributed by atoms with van der Waals surface area (Å²) >= 11 is 0. The van der Waals surface area contributed by atoms with Gasteiger partial charge in [-0.3, -0.25) is 4.79 Å². The fourth-order valence-corrected chi connectivity index (χ4v) is 1.72. The van der Waals surface area contributed by atoms with E-state index in [2.05, 4.69) is 6.58 Å². The van der Waals surface area contributed by atoms with Gasteiger partial charge in [0.15, 0.2) is 0 Å². The molecule has 0 aromatic carbocycles. The molecule has 0 spiro atoms. The molecule has 94 valence electrons. The van der Waals surface area contributed by atoms with E-state index in [9.17, 15) is 15.0 Å². The molecule has 0 aromatic rings. The van der Waals surface area contributed by atoms with Gasteiger partial charge >= 0.3 is 0 Å². The lowest BCUT2D eigenvalue weighted by Crippen LogP contribution is -2.37. The van der Waals surface area contributed by atoms with E-state index < -0.39 is 24.0 Å². The summed E-state index contributed by atoms with van der Waals surface area (Å²) < 4.78 is 0. The molecule has 0 saturated carbocycles. The van der Waals surface area contributed by atoms with Gasteiger partial charge < -0.3 is 10.2 Å². The molecule has 3 heteroatoms. The number of Topliss-reactive ketones (excluding diaryl/α,β-unsaturated/α-hetero) is 1. The summed E-state index contributed by atoms with van der Waals surface area (Å²) in [5, 5.41) is 19.5. The number of hydrogen-bond donors (Lipinski definition) is 2. The van der Waals surface area contributed by atoms with Crippen molar-refractivity contribution in [2.24, 2.45) is 17.8 Å². The van der Waals surface area contributed by atoms with Gasteiger partial charge in [0.2, 0.25) is 0 Å². The maximum atomic E-state index is 12.0. The molecule has 0 amide bonds. The molecule has 0 saturated heterocycles. The topological polar surface area (TPSA) is 57.5 Å². The van der Waals surface area contributed by atoms with Crippen LogP contribution in [0.15, 0.2) is 12.7 Å². The number of hydrogen-bond acceptors (Lipinski definition) is 3. The molecule has 0 aliphatic heterocycles. The largest absolute Gasteiger partial charge is 0.392 e. The third kappa shape index (κ3) is 4.06. The average Bonchev–Trinajstić information content (AvgIpc) is 2.25. The Morgan fingerprint density at radius 2 is 1.69 bits per heavy atom.